The van der Waals surface area contributed by atoms with Crippen molar-refractivity contribution in [3.05, 3.63) is 95.1 Å². The first-order valence-corrected chi connectivity index (χ1v) is 11.2. The summed E-state index contributed by atoms with van der Waals surface area (Å²) >= 11 is 0. The fraction of sp³-hybridized carbons (Fsp3) is 0.208. The maximum absolute atomic E-state index is 13.2. The number of aryl methyl sites for hydroxylation is 3. The van der Waals surface area contributed by atoms with Crippen molar-refractivity contribution in [1.29, 1.82) is 0 Å². The van der Waals surface area contributed by atoms with Gasteiger partial charge in [-0.2, -0.15) is 4.31 Å². The molecular formula is C24H26N2O3S. The molecule has 0 saturated heterocycles. The van der Waals surface area contributed by atoms with E-state index < -0.39 is 10.0 Å². The SMILES string of the molecule is Cc1ccc(CN(CC(=O)Nc2cc(C)cc(C)c2)S(=O)(=O)c2ccccc2)cc1. The van der Waals surface area contributed by atoms with Gasteiger partial charge in [0, 0.05) is 12.2 Å². The van der Waals surface area contributed by atoms with E-state index in [1.54, 1.807) is 30.3 Å². The third kappa shape index (κ3) is 5.55. The minimum absolute atomic E-state index is 0.109. The standard InChI is InChI=1S/C24H26N2O3S/c1-18-9-11-21(12-10-18)16-26(30(28,29)23-7-5-4-6-8-23)17-24(27)25-22-14-19(2)13-20(3)15-22/h4-15H,16-17H2,1-3H3,(H,25,27). The molecule has 1 amide bonds. The maximum Gasteiger partial charge on any atom is 0.243 e. The Morgan fingerprint density at radius 3 is 2.03 bits per heavy atom. The van der Waals surface area contributed by atoms with E-state index in [0.717, 1.165) is 22.3 Å². The summed E-state index contributed by atoms with van der Waals surface area (Å²) in [7, 11) is -3.84. The predicted molar refractivity (Wildman–Crippen MR) is 120 cm³/mol. The van der Waals surface area contributed by atoms with Crippen LogP contribution in [0.3, 0.4) is 0 Å². The topological polar surface area (TPSA) is 66.5 Å². The molecule has 0 atom stereocenters. The maximum atomic E-state index is 13.2. The van der Waals surface area contributed by atoms with Gasteiger partial charge in [-0.05, 0) is 61.7 Å². The van der Waals surface area contributed by atoms with Crippen molar-refractivity contribution >= 4 is 21.6 Å². The molecule has 0 unspecified atom stereocenters. The molecule has 6 heteroatoms. The number of carbonyl (C=O) groups is 1. The molecule has 1 N–H and O–H groups in total. The van der Waals surface area contributed by atoms with E-state index in [1.165, 1.54) is 4.31 Å². The molecule has 3 rings (SSSR count). The van der Waals surface area contributed by atoms with Crippen LogP contribution < -0.4 is 5.32 Å². The summed E-state index contributed by atoms with van der Waals surface area (Å²) in [5, 5.41) is 2.83. The first-order valence-electron chi connectivity index (χ1n) is 9.73. The Bertz CT molecular complexity index is 1100. The molecule has 0 aliphatic rings. The third-order valence-electron chi connectivity index (χ3n) is 4.69. The molecule has 5 nitrogen and oxygen atoms in total. The lowest BCUT2D eigenvalue weighted by Gasteiger charge is -2.22. The second kappa shape index (κ2) is 9.24. The van der Waals surface area contributed by atoms with Crippen LogP contribution >= 0.6 is 0 Å². The van der Waals surface area contributed by atoms with E-state index in [4.69, 9.17) is 0 Å². The summed E-state index contributed by atoms with van der Waals surface area (Å²) in [5.74, 6) is -0.383. The highest BCUT2D eigenvalue weighted by Gasteiger charge is 2.27. The molecule has 0 spiro atoms. The summed E-state index contributed by atoms with van der Waals surface area (Å²) in [6.45, 7) is 5.70. The average molecular weight is 423 g/mol. The smallest absolute Gasteiger partial charge is 0.243 e. The molecule has 3 aromatic rings. The van der Waals surface area contributed by atoms with Gasteiger partial charge in [0.1, 0.15) is 0 Å². The van der Waals surface area contributed by atoms with Crippen molar-refractivity contribution in [2.24, 2.45) is 0 Å². The molecule has 0 aromatic heterocycles. The zero-order valence-electron chi connectivity index (χ0n) is 17.4. The lowest BCUT2D eigenvalue weighted by atomic mass is 10.1. The Hall–Kier alpha value is -2.96. The fourth-order valence-corrected chi connectivity index (χ4v) is 4.68. The zero-order valence-corrected chi connectivity index (χ0v) is 18.2. The van der Waals surface area contributed by atoms with Crippen LogP contribution in [-0.2, 0) is 21.4 Å². The summed E-state index contributed by atoms with van der Waals surface area (Å²) in [6.07, 6.45) is 0. The zero-order chi connectivity index (χ0) is 21.7. The second-order valence-corrected chi connectivity index (χ2v) is 9.43. The number of amides is 1. The monoisotopic (exact) mass is 422 g/mol. The van der Waals surface area contributed by atoms with Crippen LogP contribution in [-0.4, -0.2) is 25.2 Å². The van der Waals surface area contributed by atoms with Gasteiger partial charge in [0.25, 0.3) is 0 Å². The average Bonchev–Trinajstić information content (AvgIpc) is 2.69. The molecule has 0 fully saturated rings. The summed E-state index contributed by atoms with van der Waals surface area (Å²) in [6, 6.07) is 21.5. The number of rotatable bonds is 7. The van der Waals surface area contributed by atoms with Crippen LogP contribution in [0.1, 0.15) is 22.3 Å². The lowest BCUT2D eigenvalue weighted by molar-refractivity contribution is -0.116. The highest BCUT2D eigenvalue weighted by atomic mass is 32.2. The van der Waals surface area contributed by atoms with Gasteiger partial charge < -0.3 is 5.32 Å². The first kappa shape index (κ1) is 21.7. The summed E-state index contributed by atoms with van der Waals surface area (Å²) in [5.41, 5.74) is 4.62. The van der Waals surface area contributed by atoms with Gasteiger partial charge in [-0.15, -0.1) is 0 Å². The number of nitrogens with zero attached hydrogens (tertiary/aromatic N) is 1. The van der Waals surface area contributed by atoms with E-state index in [2.05, 4.69) is 5.32 Å². The number of benzene rings is 3. The van der Waals surface area contributed by atoms with Crippen molar-refractivity contribution in [3.63, 3.8) is 0 Å². The van der Waals surface area contributed by atoms with E-state index in [-0.39, 0.29) is 23.9 Å². The minimum atomic E-state index is -3.84. The molecule has 0 aliphatic carbocycles. The fourth-order valence-electron chi connectivity index (χ4n) is 3.27. The highest BCUT2D eigenvalue weighted by Crippen LogP contribution is 2.19. The van der Waals surface area contributed by atoms with Gasteiger partial charge in [-0.3, -0.25) is 4.79 Å². The van der Waals surface area contributed by atoms with Crippen LogP contribution in [0.25, 0.3) is 0 Å². The van der Waals surface area contributed by atoms with Crippen molar-refractivity contribution in [2.45, 2.75) is 32.2 Å². The lowest BCUT2D eigenvalue weighted by Crippen LogP contribution is -2.37. The van der Waals surface area contributed by atoms with E-state index in [9.17, 15) is 13.2 Å². The van der Waals surface area contributed by atoms with Gasteiger partial charge in [-0.25, -0.2) is 8.42 Å². The summed E-state index contributed by atoms with van der Waals surface area (Å²) < 4.78 is 27.7. The largest absolute Gasteiger partial charge is 0.325 e. The number of nitrogens with one attached hydrogen (secondary N) is 1. The van der Waals surface area contributed by atoms with Crippen molar-refractivity contribution in [1.82, 2.24) is 4.31 Å². The number of sulfonamides is 1. The highest BCUT2D eigenvalue weighted by molar-refractivity contribution is 7.89. The molecule has 0 saturated carbocycles. The van der Waals surface area contributed by atoms with Crippen LogP contribution in [0.5, 0.6) is 0 Å². The molecule has 0 bridgehead atoms. The summed E-state index contributed by atoms with van der Waals surface area (Å²) in [4.78, 5) is 12.9. The van der Waals surface area contributed by atoms with Gasteiger partial charge >= 0.3 is 0 Å². The third-order valence-corrected chi connectivity index (χ3v) is 6.49. The Morgan fingerprint density at radius 1 is 0.833 bits per heavy atom. The van der Waals surface area contributed by atoms with Crippen molar-refractivity contribution < 1.29 is 13.2 Å². The van der Waals surface area contributed by atoms with Crippen molar-refractivity contribution in [3.8, 4) is 0 Å². The molecule has 3 aromatic carbocycles. The van der Waals surface area contributed by atoms with Crippen LogP contribution in [0.4, 0.5) is 5.69 Å². The minimum Gasteiger partial charge on any atom is -0.325 e. The van der Waals surface area contributed by atoms with Gasteiger partial charge in [0.2, 0.25) is 15.9 Å². The van der Waals surface area contributed by atoms with E-state index >= 15 is 0 Å². The number of hydrogen-bond donors (Lipinski definition) is 1. The first-order chi connectivity index (χ1) is 14.2. The van der Waals surface area contributed by atoms with Crippen molar-refractivity contribution in [2.75, 3.05) is 11.9 Å². The Labute approximate surface area is 178 Å². The molecule has 0 heterocycles. The number of anilines is 1. The Morgan fingerprint density at radius 2 is 1.43 bits per heavy atom. The van der Waals surface area contributed by atoms with Gasteiger partial charge in [0.05, 0.1) is 11.4 Å². The Balaban J connectivity index is 1.86. The molecular weight excluding hydrogens is 396 g/mol. The second-order valence-electron chi connectivity index (χ2n) is 7.50. The van der Waals surface area contributed by atoms with Gasteiger partial charge in [0.15, 0.2) is 0 Å². The molecule has 0 radical (unpaired) electrons. The number of carbonyl (C=O) groups excluding carboxylic acids is 1. The van der Waals surface area contributed by atoms with E-state index in [1.807, 2.05) is 63.2 Å². The number of hydrogen-bond acceptors (Lipinski definition) is 3. The molecule has 156 valence electrons. The van der Waals surface area contributed by atoms with Crippen LogP contribution in [0.2, 0.25) is 0 Å². The quantitative estimate of drug-likeness (QED) is 0.612. The van der Waals surface area contributed by atoms with Crippen LogP contribution in [0, 0.1) is 20.8 Å². The van der Waals surface area contributed by atoms with Gasteiger partial charge in [-0.1, -0.05) is 54.1 Å². The van der Waals surface area contributed by atoms with Crippen LogP contribution in [0.15, 0.2) is 77.7 Å². The Kier molecular flexibility index (Phi) is 6.70. The normalized spacial score (nSPS) is 11.5. The molecule has 0 aliphatic heterocycles. The predicted octanol–water partition coefficient (Wildman–Crippen LogP) is 4.44. The molecule has 30 heavy (non-hydrogen) atoms. The van der Waals surface area contributed by atoms with E-state index in [0.29, 0.717) is 5.69 Å².